The van der Waals surface area contributed by atoms with E-state index in [4.69, 9.17) is 0 Å². The summed E-state index contributed by atoms with van der Waals surface area (Å²) in [6, 6.07) is 18.2. The first-order chi connectivity index (χ1) is 11.1. The predicted octanol–water partition coefficient (Wildman–Crippen LogP) is 4.07. The summed E-state index contributed by atoms with van der Waals surface area (Å²) in [6.07, 6.45) is 1.43. The van der Waals surface area contributed by atoms with Crippen molar-refractivity contribution in [1.82, 2.24) is 5.43 Å². The molecule has 114 valence electrons. The second-order valence-electron chi connectivity index (χ2n) is 4.93. The normalized spacial score (nSPS) is 11.0. The van der Waals surface area contributed by atoms with Crippen LogP contribution in [0, 0.1) is 0 Å². The van der Waals surface area contributed by atoms with Crippen LogP contribution in [-0.4, -0.2) is 17.2 Å². The highest BCUT2D eigenvalue weighted by Gasteiger charge is 2.06. The molecule has 0 saturated heterocycles. The fourth-order valence-corrected chi connectivity index (χ4v) is 2.63. The number of carbonyl (C=O) groups excluding carboxylic acids is 1. The van der Waals surface area contributed by atoms with E-state index in [0.717, 1.165) is 15.2 Å². The summed E-state index contributed by atoms with van der Waals surface area (Å²) < 4.78 is 0.821. The first-order valence-corrected chi connectivity index (χ1v) is 7.74. The third-order valence-corrected chi connectivity index (χ3v) is 3.88. The van der Waals surface area contributed by atoms with Gasteiger partial charge in [-0.2, -0.15) is 5.10 Å². The van der Waals surface area contributed by atoms with E-state index in [2.05, 4.69) is 26.5 Å². The van der Waals surface area contributed by atoms with Crippen LogP contribution in [0.2, 0.25) is 0 Å². The Hall–Kier alpha value is -2.66. The van der Waals surface area contributed by atoms with E-state index in [1.54, 1.807) is 24.3 Å². The smallest absolute Gasteiger partial charge is 0.271 e. The van der Waals surface area contributed by atoms with E-state index in [9.17, 15) is 9.90 Å². The Morgan fingerprint density at radius 1 is 1.09 bits per heavy atom. The second-order valence-corrected chi connectivity index (χ2v) is 5.85. The fraction of sp³-hybridized carbons (Fsp3) is 0. The number of hydrogen-bond acceptors (Lipinski definition) is 3. The molecule has 0 heterocycles. The Labute approximate surface area is 141 Å². The van der Waals surface area contributed by atoms with Gasteiger partial charge >= 0.3 is 0 Å². The van der Waals surface area contributed by atoms with Crippen LogP contribution in [0.15, 0.2) is 70.2 Å². The van der Waals surface area contributed by atoms with Crippen LogP contribution in [0.1, 0.15) is 15.9 Å². The molecule has 0 aromatic heterocycles. The maximum absolute atomic E-state index is 12.0. The number of nitrogens with one attached hydrogen (secondary N) is 1. The molecular formula is C18H13BrN2O2. The summed E-state index contributed by atoms with van der Waals surface area (Å²) in [5.41, 5.74) is 3.49. The van der Waals surface area contributed by atoms with E-state index in [1.165, 1.54) is 6.21 Å². The lowest BCUT2D eigenvalue weighted by atomic mass is 10.1. The van der Waals surface area contributed by atoms with Gasteiger partial charge in [-0.15, -0.1) is 0 Å². The predicted molar refractivity (Wildman–Crippen MR) is 94.8 cm³/mol. The van der Waals surface area contributed by atoms with Gasteiger partial charge in [0.25, 0.3) is 5.91 Å². The van der Waals surface area contributed by atoms with Crippen LogP contribution < -0.4 is 5.43 Å². The zero-order chi connectivity index (χ0) is 16.2. The Bertz CT molecular complexity index is 906. The molecule has 0 fully saturated rings. The van der Waals surface area contributed by atoms with Crippen molar-refractivity contribution in [2.45, 2.75) is 0 Å². The van der Waals surface area contributed by atoms with E-state index < -0.39 is 0 Å². The Morgan fingerprint density at radius 2 is 1.91 bits per heavy atom. The van der Waals surface area contributed by atoms with Crippen LogP contribution in [-0.2, 0) is 0 Å². The van der Waals surface area contributed by atoms with Gasteiger partial charge in [-0.25, -0.2) is 5.43 Å². The lowest BCUT2D eigenvalue weighted by Crippen LogP contribution is -2.17. The monoisotopic (exact) mass is 368 g/mol. The molecule has 0 bridgehead atoms. The molecule has 23 heavy (non-hydrogen) atoms. The van der Waals surface area contributed by atoms with Gasteiger partial charge in [0.15, 0.2) is 0 Å². The lowest BCUT2D eigenvalue weighted by molar-refractivity contribution is 0.0955. The second kappa shape index (κ2) is 6.62. The minimum absolute atomic E-state index is 0.142. The highest BCUT2D eigenvalue weighted by Crippen LogP contribution is 2.27. The van der Waals surface area contributed by atoms with Gasteiger partial charge in [0.05, 0.1) is 6.21 Å². The number of carbonyl (C=O) groups is 1. The van der Waals surface area contributed by atoms with Crippen molar-refractivity contribution in [3.8, 4) is 5.75 Å². The molecule has 3 rings (SSSR count). The molecule has 3 aromatic rings. The maximum Gasteiger partial charge on any atom is 0.271 e. The summed E-state index contributed by atoms with van der Waals surface area (Å²) in [5.74, 6) is -0.175. The molecule has 0 aliphatic rings. The molecule has 0 aliphatic carbocycles. The van der Waals surface area contributed by atoms with Crippen molar-refractivity contribution < 1.29 is 9.90 Å². The summed E-state index contributed by atoms with van der Waals surface area (Å²) in [7, 11) is 0. The Balaban J connectivity index is 1.78. The van der Waals surface area contributed by atoms with E-state index in [1.807, 2.05) is 36.4 Å². The van der Waals surface area contributed by atoms with Crippen molar-refractivity contribution in [2.75, 3.05) is 0 Å². The number of aromatic hydroxyl groups is 1. The van der Waals surface area contributed by atoms with Crippen LogP contribution in [0.25, 0.3) is 10.8 Å². The summed E-state index contributed by atoms with van der Waals surface area (Å²) in [4.78, 5) is 12.0. The van der Waals surface area contributed by atoms with Gasteiger partial charge in [0.1, 0.15) is 5.75 Å². The first kappa shape index (κ1) is 15.2. The zero-order valence-corrected chi connectivity index (χ0v) is 13.6. The molecule has 0 radical (unpaired) electrons. The van der Waals surface area contributed by atoms with Gasteiger partial charge in [-0.05, 0) is 29.7 Å². The molecule has 0 spiro atoms. The van der Waals surface area contributed by atoms with Crippen molar-refractivity contribution >= 4 is 38.8 Å². The van der Waals surface area contributed by atoms with Crippen molar-refractivity contribution in [3.63, 3.8) is 0 Å². The summed E-state index contributed by atoms with van der Waals surface area (Å²) in [5, 5.41) is 15.9. The number of hydrogen-bond donors (Lipinski definition) is 2. The lowest BCUT2D eigenvalue weighted by Gasteiger charge is -2.04. The minimum Gasteiger partial charge on any atom is -0.507 e. The topological polar surface area (TPSA) is 61.7 Å². The molecule has 3 aromatic carbocycles. The highest BCUT2D eigenvalue weighted by atomic mass is 79.9. The van der Waals surface area contributed by atoms with Crippen LogP contribution in [0.4, 0.5) is 0 Å². The zero-order valence-electron chi connectivity index (χ0n) is 12.0. The first-order valence-electron chi connectivity index (χ1n) is 6.95. The SMILES string of the molecule is O=C(N/N=C/c1ccc2ccccc2c1O)c1cccc(Br)c1. The third kappa shape index (κ3) is 3.40. The number of nitrogens with zero attached hydrogens (tertiary/aromatic N) is 1. The molecule has 1 amide bonds. The fourth-order valence-electron chi connectivity index (χ4n) is 2.23. The highest BCUT2D eigenvalue weighted by molar-refractivity contribution is 9.10. The van der Waals surface area contributed by atoms with Crippen molar-refractivity contribution in [3.05, 3.63) is 76.3 Å². The molecule has 0 aliphatic heterocycles. The Kier molecular flexibility index (Phi) is 4.39. The summed E-state index contributed by atoms with van der Waals surface area (Å²) in [6.45, 7) is 0. The van der Waals surface area contributed by atoms with E-state index in [0.29, 0.717) is 11.1 Å². The van der Waals surface area contributed by atoms with E-state index >= 15 is 0 Å². The Morgan fingerprint density at radius 3 is 2.74 bits per heavy atom. The van der Waals surface area contributed by atoms with Gasteiger partial charge < -0.3 is 5.11 Å². The molecule has 4 nitrogen and oxygen atoms in total. The average Bonchev–Trinajstić information content (AvgIpc) is 2.57. The number of phenols is 1. The molecule has 0 unspecified atom stereocenters. The molecule has 5 heteroatoms. The maximum atomic E-state index is 12.0. The molecule has 2 N–H and O–H groups in total. The van der Waals surface area contributed by atoms with Crippen molar-refractivity contribution in [1.29, 1.82) is 0 Å². The van der Waals surface area contributed by atoms with Gasteiger partial charge in [-0.3, -0.25) is 4.79 Å². The quantitative estimate of drug-likeness (QED) is 0.540. The standard InChI is InChI=1S/C18H13BrN2O2/c19-15-6-3-5-13(10-15)18(23)21-20-11-14-9-8-12-4-1-2-7-16(12)17(14)22/h1-11,22H,(H,21,23)/b20-11+. The minimum atomic E-state index is -0.317. The van der Waals surface area contributed by atoms with Gasteiger partial charge in [-0.1, -0.05) is 52.3 Å². The van der Waals surface area contributed by atoms with Crippen LogP contribution in [0.3, 0.4) is 0 Å². The average molecular weight is 369 g/mol. The number of benzene rings is 3. The number of halogens is 1. The molecular weight excluding hydrogens is 356 g/mol. The number of amides is 1. The van der Waals surface area contributed by atoms with Crippen molar-refractivity contribution in [2.24, 2.45) is 5.10 Å². The molecule has 0 saturated carbocycles. The number of fused-ring (bicyclic) bond motifs is 1. The van der Waals surface area contributed by atoms with Gasteiger partial charge in [0, 0.05) is 21.0 Å². The van der Waals surface area contributed by atoms with Crippen LogP contribution in [0.5, 0.6) is 5.75 Å². The number of hydrazone groups is 1. The van der Waals surface area contributed by atoms with E-state index in [-0.39, 0.29) is 11.7 Å². The third-order valence-electron chi connectivity index (χ3n) is 3.39. The largest absolute Gasteiger partial charge is 0.507 e. The van der Waals surface area contributed by atoms with Gasteiger partial charge in [0.2, 0.25) is 0 Å². The molecule has 0 atom stereocenters. The number of rotatable bonds is 3. The van der Waals surface area contributed by atoms with Crippen LogP contribution >= 0.6 is 15.9 Å². The number of phenolic OH excluding ortho intramolecular Hbond substituents is 1. The summed E-state index contributed by atoms with van der Waals surface area (Å²) >= 11 is 3.32.